The number of carbonyl (C=O) groups is 2. The van der Waals surface area contributed by atoms with Gasteiger partial charge in [-0.2, -0.15) is 0 Å². The summed E-state index contributed by atoms with van der Waals surface area (Å²) in [6.45, 7) is 4.76. The molecule has 0 spiro atoms. The van der Waals surface area contributed by atoms with E-state index in [1.807, 2.05) is 68.4 Å². The average Bonchev–Trinajstić information content (AvgIpc) is 2.94. The molecule has 3 rings (SSSR count). The van der Waals surface area contributed by atoms with Crippen LogP contribution in [0.5, 0.6) is 5.75 Å². The predicted octanol–water partition coefficient (Wildman–Crippen LogP) is 4.33. The molecule has 1 unspecified atom stereocenters. The molecule has 214 valence electrons. The fourth-order valence-corrected chi connectivity index (χ4v) is 5.54. The van der Waals surface area contributed by atoms with Gasteiger partial charge in [0.1, 0.15) is 11.8 Å². The number of hydrogen-bond donors (Lipinski definition) is 1. The molecule has 0 heterocycles. The molecule has 0 radical (unpaired) electrons. The van der Waals surface area contributed by atoms with Gasteiger partial charge in [-0.1, -0.05) is 54.6 Å². The number of benzene rings is 3. The average molecular weight is 566 g/mol. The molecule has 2 amide bonds. The first-order valence-electron chi connectivity index (χ1n) is 13.4. The van der Waals surface area contributed by atoms with Crippen LogP contribution in [0, 0.1) is 6.92 Å². The summed E-state index contributed by atoms with van der Waals surface area (Å²) in [5.74, 6) is 0.186. The Kier molecular flexibility index (Phi) is 11.1. The number of amides is 2. The normalized spacial score (nSPS) is 11.9. The van der Waals surface area contributed by atoms with Crippen molar-refractivity contribution >= 4 is 27.5 Å². The molecular weight excluding hydrogens is 526 g/mol. The van der Waals surface area contributed by atoms with Gasteiger partial charge in [-0.25, -0.2) is 8.42 Å². The summed E-state index contributed by atoms with van der Waals surface area (Å²) in [5.41, 5.74) is 3.42. The molecule has 8 nitrogen and oxygen atoms in total. The van der Waals surface area contributed by atoms with Gasteiger partial charge in [0.15, 0.2) is 0 Å². The van der Waals surface area contributed by atoms with E-state index < -0.39 is 16.1 Å². The Morgan fingerprint density at radius 3 is 2.20 bits per heavy atom. The van der Waals surface area contributed by atoms with Crippen molar-refractivity contribution in [2.75, 3.05) is 30.8 Å². The number of aryl methyl sites for hydroxylation is 1. The Morgan fingerprint density at radius 2 is 1.60 bits per heavy atom. The van der Waals surface area contributed by atoms with Crippen LogP contribution in [0.4, 0.5) is 5.69 Å². The highest BCUT2D eigenvalue weighted by atomic mass is 32.2. The molecule has 40 heavy (non-hydrogen) atoms. The summed E-state index contributed by atoms with van der Waals surface area (Å²) in [6, 6.07) is 23.5. The van der Waals surface area contributed by atoms with Crippen molar-refractivity contribution in [3.63, 3.8) is 0 Å². The first-order valence-corrected chi connectivity index (χ1v) is 15.3. The Labute approximate surface area is 238 Å². The number of rotatable bonds is 14. The van der Waals surface area contributed by atoms with Crippen LogP contribution in [0.15, 0.2) is 78.9 Å². The second-order valence-corrected chi connectivity index (χ2v) is 11.5. The maximum Gasteiger partial charge on any atom is 0.242 e. The molecule has 0 aromatic heterocycles. The number of carbonyl (C=O) groups excluding carboxylic acids is 2. The van der Waals surface area contributed by atoms with Crippen LogP contribution in [-0.4, -0.2) is 57.6 Å². The van der Waals surface area contributed by atoms with Crippen LogP contribution in [0.3, 0.4) is 0 Å². The maximum absolute atomic E-state index is 13.8. The van der Waals surface area contributed by atoms with Crippen molar-refractivity contribution in [1.82, 2.24) is 10.2 Å². The topological polar surface area (TPSA) is 96.0 Å². The molecule has 0 aliphatic rings. The fourth-order valence-electron chi connectivity index (χ4n) is 4.57. The molecule has 0 aliphatic carbocycles. The first-order chi connectivity index (χ1) is 19.1. The second kappa shape index (κ2) is 14.5. The van der Waals surface area contributed by atoms with Crippen LogP contribution in [0.2, 0.25) is 0 Å². The largest absolute Gasteiger partial charge is 0.494 e. The Balaban J connectivity index is 1.83. The highest BCUT2D eigenvalue weighted by Gasteiger charge is 2.30. The Bertz CT molecular complexity index is 1360. The summed E-state index contributed by atoms with van der Waals surface area (Å²) in [5, 5.41) is 2.72. The molecule has 3 aromatic rings. The van der Waals surface area contributed by atoms with E-state index in [9.17, 15) is 18.0 Å². The quantitative estimate of drug-likeness (QED) is 0.314. The molecule has 0 aliphatic heterocycles. The smallest absolute Gasteiger partial charge is 0.242 e. The van der Waals surface area contributed by atoms with Crippen molar-refractivity contribution in [2.24, 2.45) is 0 Å². The molecule has 0 saturated carbocycles. The number of hydrogen-bond acceptors (Lipinski definition) is 5. The lowest BCUT2D eigenvalue weighted by Gasteiger charge is -2.32. The summed E-state index contributed by atoms with van der Waals surface area (Å²) in [7, 11) is -2.02. The third-order valence-electron chi connectivity index (χ3n) is 6.71. The van der Waals surface area contributed by atoms with Crippen molar-refractivity contribution in [1.29, 1.82) is 0 Å². The van der Waals surface area contributed by atoms with E-state index in [4.69, 9.17) is 4.74 Å². The van der Waals surface area contributed by atoms with Crippen LogP contribution in [0.25, 0.3) is 0 Å². The third kappa shape index (κ3) is 8.58. The van der Waals surface area contributed by atoms with Crippen LogP contribution < -0.4 is 14.4 Å². The lowest BCUT2D eigenvalue weighted by molar-refractivity contribution is -0.141. The van der Waals surface area contributed by atoms with E-state index in [0.717, 1.165) is 22.9 Å². The molecule has 1 N–H and O–H groups in total. The fraction of sp³-hybridized carbons (Fsp3) is 0.355. The van der Waals surface area contributed by atoms with Gasteiger partial charge >= 0.3 is 0 Å². The van der Waals surface area contributed by atoms with Crippen LogP contribution in [-0.2, 0) is 32.6 Å². The highest BCUT2D eigenvalue weighted by Crippen LogP contribution is 2.23. The van der Waals surface area contributed by atoms with Gasteiger partial charge < -0.3 is 15.0 Å². The highest BCUT2D eigenvalue weighted by molar-refractivity contribution is 7.92. The third-order valence-corrected chi connectivity index (χ3v) is 7.90. The zero-order chi connectivity index (χ0) is 29.1. The lowest BCUT2D eigenvalue weighted by atomic mass is 10.0. The standard InChI is InChI=1S/C31H39N3O5S/c1-5-39-28-19-17-27(18-20-28)34(40(4,37)38)21-11-16-30(35)33(23-26-15-10-9-12-24(26)2)29(31(36)32-3)22-25-13-7-6-8-14-25/h6-10,12-15,17-20,29H,5,11,16,21-23H2,1-4H3,(H,32,36). The summed E-state index contributed by atoms with van der Waals surface area (Å²) < 4.78 is 32.0. The number of ether oxygens (including phenoxy) is 1. The van der Waals surface area contributed by atoms with E-state index >= 15 is 0 Å². The molecular formula is C31H39N3O5S. The number of anilines is 1. The zero-order valence-corrected chi connectivity index (χ0v) is 24.5. The molecule has 0 fully saturated rings. The number of nitrogens with zero attached hydrogens (tertiary/aromatic N) is 2. The molecule has 0 saturated heterocycles. The molecule has 9 heteroatoms. The van der Waals surface area contributed by atoms with Crippen molar-refractivity contribution < 1.29 is 22.7 Å². The number of likely N-dealkylation sites (N-methyl/N-ethyl adjacent to an activating group) is 1. The Morgan fingerprint density at radius 1 is 0.950 bits per heavy atom. The Hall–Kier alpha value is -3.85. The number of sulfonamides is 1. The van der Waals surface area contributed by atoms with E-state index in [-0.39, 0.29) is 37.7 Å². The van der Waals surface area contributed by atoms with E-state index in [0.29, 0.717) is 24.5 Å². The van der Waals surface area contributed by atoms with Gasteiger partial charge in [-0.05, 0) is 61.2 Å². The van der Waals surface area contributed by atoms with Crippen LogP contribution in [0.1, 0.15) is 36.5 Å². The van der Waals surface area contributed by atoms with Crippen molar-refractivity contribution in [3.05, 3.63) is 95.6 Å². The van der Waals surface area contributed by atoms with Gasteiger partial charge in [0.25, 0.3) is 0 Å². The molecule has 1 atom stereocenters. The predicted molar refractivity (Wildman–Crippen MR) is 159 cm³/mol. The minimum atomic E-state index is -3.59. The van der Waals surface area contributed by atoms with Gasteiger partial charge in [-0.15, -0.1) is 0 Å². The van der Waals surface area contributed by atoms with Gasteiger partial charge in [0.2, 0.25) is 21.8 Å². The SMILES string of the molecule is CCOc1ccc(N(CCCC(=O)N(Cc2ccccc2C)C(Cc2ccccc2)C(=O)NC)S(C)(=O)=O)cc1. The molecule has 3 aromatic carbocycles. The summed E-state index contributed by atoms with van der Waals surface area (Å²) in [6.07, 6.45) is 1.88. The minimum Gasteiger partial charge on any atom is -0.494 e. The van der Waals surface area contributed by atoms with E-state index in [1.54, 1.807) is 36.2 Å². The van der Waals surface area contributed by atoms with Gasteiger partial charge in [0, 0.05) is 33.0 Å². The van der Waals surface area contributed by atoms with Gasteiger partial charge in [-0.3, -0.25) is 13.9 Å². The first kappa shape index (κ1) is 30.7. The monoisotopic (exact) mass is 565 g/mol. The minimum absolute atomic E-state index is 0.0806. The van der Waals surface area contributed by atoms with Crippen molar-refractivity contribution in [2.45, 2.75) is 45.7 Å². The second-order valence-electron chi connectivity index (χ2n) is 9.63. The zero-order valence-electron chi connectivity index (χ0n) is 23.7. The maximum atomic E-state index is 13.8. The lowest BCUT2D eigenvalue weighted by Crippen LogP contribution is -2.50. The van der Waals surface area contributed by atoms with Crippen LogP contribution >= 0.6 is 0 Å². The van der Waals surface area contributed by atoms with Gasteiger partial charge in [0.05, 0.1) is 18.6 Å². The summed E-state index contributed by atoms with van der Waals surface area (Å²) >= 11 is 0. The molecule has 0 bridgehead atoms. The van der Waals surface area contributed by atoms with Crippen molar-refractivity contribution in [3.8, 4) is 5.75 Å². The number of nitrogens with one attached hydrogen (secondary N) is 1. The van der Waals surface area contributed by atoms with E-state index in [1.165, 1.54) is 4.31 Å². The van der Waals surface area contributed by atoms with E-state index in [2.05, 4.69) is 5.32 Å². The summed E-state index contributed by atoms with van der Waals surface area (Å²) in [4.78, 5) is 28.5.